The molecule has 0 aliphatic heterocycles. The van der Waals surface area contributed by atoms with Crippen LogP contribution in [-0.2, 0) is 9.68 Å². The molecule has 0 aliphatic carbocycles. The molecule has 0 N–H and O–H groups in total. The van der Waals surface area contributed by atoms with Gasteiger partial charge in [0.15, 0.2) is 0 Å². The van der Waals surface area contributed by atoms with Gasteiger partial charge in [-0.2, -0.15) is 0 Å². The topological polar surface area (TPSA) is 127 Å². The zero-order valence-electron chi connectivity index (χ0n) is 18.0. The van der Waals surface area contributed by atoms with Crippen LogP contribution in [0, 0.1) is 0 Å². The first kappa shape index (κ1) is 26.1. The number of hydrogen-bond acceptors (Lipinski definition) is 8. The van der Waals surface area contributed by atoms with Crippen LogP contribution in [0.25, 0.3) is 0 Å². The highest BCUT2D eigenvalue weighted by molar-refractivity contribution is 6.61. The van der Waals surface area contributed by atoms with E-state index >= 15 is 0 Å². The number of anilines is 2. The Labute approximate surface area is 213 Å². The van der Waals surface area contributed by atoms with E-state index in [4.69, 9.17) is 32.9 Å². The Morgan fingerprint density at radius 2 is 0.861 bits per heavy atom. The Kier molecular flexibility index (Phi) is 8.50. The van der Waals surface area contributed by atoms with Gasteiger partial charge in [0.25, 0.3) is 11.8 Å². The Bertz CT molecular complexity index is 1210. The highest BCUT2D eigenvalue weighted by atomic mass is 35.5. The summed E-state index contributed by atoms with van der Waals surface area (Å²) in [4.78, 5) is 80.0. The average molecular weight is 529 g/mol. The molecule has 0 spiro atoms. The van der Waals surface area contributed by atoms with E-state index in [-0.39, 0.29) is 22.5 Å². The van der Waals surface area contributed by atoms with Crippen molar-refractivity contribution in [1.29, 1.82) is 0 Å². The Hall–Kier alpha value is -4.54. The van der Waals surface area contributed by atoms with E-state index in [9.17, 15) is 28.8 Å². The van der Waals surface area contributed by atoms with E-state index in [1.54, 1.807) is 0 Å². The van der Waals surface area contributed by atoms with E-state index in [1.807, 2.05) is 0 Å². The predicted octanol–water partition coefficient (Wildman–Crippen LogP) is 5.19. The fourth-order valence-electron chi connectivity index (χ4n) is 2.93. The Balaban J connectivity index is 1.92. The van der Waals surface area contributed by atoms with Gasteiger partial charge >= 0.3 is 10.9 Å². The maximum Gasteiger partial charge on any atom is 0.428 e. The summed E-state index contributed by atoms with van der Waals surface area (Å²) in [5.74, 6) is -1.57. The lowest BCUT2D eigenvalue weighted by Crippen LogP contribution is -2.33. The molecular weight excluding hydrogens is 515 g/mol. The first-order valence-corrected chi connectivity index (χ1v) is 10.6. The van der Waals surface area contributed by atoms with Crippen LogP contribution in [0.4, 0.5) is 21.0 Å². The van der Waals surface area contributed by atoms with Crippen LogP contribution in [0.15, 0.2) is 72.8 Å². The van der Waals surface area contributed by atoms with Gasteiger partial charge in [-0.05, 0) is 48.5 Å². The summed E-state index contributed by atoms with van der Waals surface area (Å²) in [5, 5.41) is 1.21. The third kappa shape index (κ3) is 6.32. The fourth-order valence-corrected chi connectivity index (χ4v) is 3.07. The molecule has 2 amide bonds. The summed E-state index contributed by atoms with van der Waals surface area (Å²) in [6, 6.07) is 16.1. The molecule has 12 heteroatoms. The maximum atomic E-state index is 12.9. The molecule has 3 rings (SSSR count). The number of halogens is 2. The molecule has 0 aliphatic rings. The first-order chi connectivity index (χ1) is 17.2. The number of amides is 2. The number of aldehydes is 2. The molecule has 182 valence electrons. The highest BCUT2D eigenvalue weighted by Gasteiger charge is 2.25. The normalized spacial score (nSPS) is 10.1. The molecule has 0 saturated carbocycles. The van der Waals surface area contributed by atoms with Crippen molar-refractivity contribution in [3.05, 3.63) is 95.1 Å². The number of hydroxylamine groups is 2. The zero-order valence-corrected chi connectivity index (χ0v) is 19.5. The molecule has 36 heavy (non-hydrogen) atoms. The highest BCUT2D eigenvalue weighted by Crippen LogP contribution is 2.25. The van der Waals surface area contributed by atoms with Crippen LogP contribution in [0.3, 0.4) is 0 Å². The zero-order chi connectivity index (χ0) is 26.2. The van der Waals surface area contributed by atoms with Crippen molar-refractivity contribution in [3.63, 3.8) is 0 Å². The molecule has 0 fully saturated rings. The smallest absolute Gasteiger partial charge is 0.318 e. The minimum atomic E-state index is -1.30. The molecule has 0 aromatic heterocycles. The van der Waals surface area contributed by atoms with Gasteiger partial charge in [-0.25, -0.2) is 9.59 Å². The van der Waals surface area contributed by atoms with Crippen molar-refractivity contribution < 1.29 is 38.4 Å². The lowest BCUT2D eigenvalue weighted by Gasteiger charge is -2.22. The summed E-state index contributed by atoms with van der Waals surface area (Å²) in [5.41, 5.74) is -1.74. The summed E-state index contributed by atoms with van der Waals surface area (Å²) in [7, 11) is 0. The summed E-state index contributed by atoms with van der Waals surface area (Å²) >= 11 is 10.6. The average Bonchev–Trinajstić information content (AvgIpc) is 2.89. The van der Waals surface area contributed by atoms with Crippen LogP contribution < -0.4 is 10.1 Å². The number of carbonyl (C=O) groups is 6. The van der Waals surface area contributed by atoms with Gasteiger partial charge in [0.2, 0.25) is 0 Å². The SMILES string of the molecule is O=Cc1ccc(C(=O)N(OC(=O)Cl)c2ccc(N(OC(=O)Cl)C(=O)c3ccc(C=O)cc3)cc2)cc1. The summed E-state index contributed by atoms with van der Waals surface area (Å²) in [6.45, 7) is 0. The van der Waals surface area contributed by atoms with Crippen molar-refractivity contribution in [3.8, 4) is 0 Å². The molecule has 3 aromatic rings. The Morgan fingerprint density at radius 1 is 0.556 bits per heavy atom. The molecule has 10 nitrogen and oxygen atoms in total. The monoisotopic (exact) mass is 528 g/mol. The maximum absolute atomic E-state index is 12.9. The minimum absolute atomic E-state index is 0.0251. The molecule has 0 heterocycles. The largest absolute Gasteiger partial charge is 0.428 e. The Morgan fingerprint density at radius 3 is 1.11 bits per heavy atom. The van der Waals surface area contributed by atoms with Gasteiger partial charge < -0.3 is 9.68 Å². The second kappa shape index (κ2) is 11.7. The fraction of sp³-hybridized carbons (Fsp3) is 0. The first-order valence-electron chi connectivity index (χ1n) is 9.88. The number of nitrogens with zero attached hydrogens (tertiary/aromatic N) is 2. The van der Waals surface area contributed by atoms with Gasteiger partial charge in [0.1, 0.15) is 12.6 Å². The molecule has 0 bridgehead atoms. The van der Waals surface area contributed by atoms with Crippen LogP contribution >= 0.6 is 23.2 Å². The van der Waals surface area contributed by atoms with Gasteiger partial charge in [-0.15, -0.1) is 10.1 Å². The quantitative estimate of drug-likeness (QED) is 0.243. The van der Waals surface area contributed by atoms with Crippen LogP contribution in [0.2, 0.25) is 0 Å². The predicted molar refractivity (Wildman–Crippen MR) is 128 cm³/mol. The van der Waals surface area contributed by atoms with Crippen molar-refractivity contribution in [2.45, 2.75) is 0 Å². The van der Waals surface area contributed by atoms with E-state index in [0.29, 0.717) is 33.8 Å². The minimum Gasteiger partial charge on any atom is -0.318 e. The molecule has 0 radical (unpaired) electrons. The standard InChI is InChI=1S/C24H14Cl2N2O8/c25-23(33)35-27(21(31)17-5-1-15(13-29)2-6-17)19-9-11-20(12-10-19)28(36-24(26)34)22(32)18-7-3-16(14-30)4-8-18/h1-14H. The second-order valence-electron chi connectivity index (χ2n) is 6.85. The number of rotatable bonds is 6. The number of hydrogen-bond donors (Lipinski definition) is 0. The number of benzene rings is 3. The summed E-state index contributed by atoms with van der Waals surface area (Å²) in [6.07, 6.45) is 1.20. The van der Waals surface area contributed by atoms with Gasteiger partial charge in [-0.1, -0.05) is 24.3 Å². The third-order valence-corrected chi connectivity index (χ3v) is 4.74. The van der Waals surface area contributed by atoms with Crippen molar-refractivity contribution >= 4 is 69.8 Å². The third-order valence-electron chi connectivity index (χ3n) is 4.60. The van der Waals surface area contributed by atoms with Gasteiger partial charge in [-0.3, -0.25) is 19.2 Å². The molecule has 3 aromatic carbocycles. The molecular formula is C24H14Cl2N2O8. The van der Waals surface area contributed by atoms with Gasteiger partial charge in [0.05, 0.1) is 11.4 Å². The van der Waals surface area contributed by atoms with Crippen LogP contribution in [-0.4, -0.2) is 35.2 Å². The van der Waals surface area contributed by atoms with Crippen LogP contribution in [0.5, 0.6) is 0 Å². The molecule has 0 unspecified atom stereocenters. The van der Waals surface area contributed by atoms with E-state index < -0.39 is 22.7 Å². The van der Waals surface area contributed by atoms with Crippen molar-refractivity contribution in [2.24, 2.45) is 0 Å². The van der Waals surface area contributed by atoms with E-state index in [1.165, 1.54) is 72.8 Å². The second-order valence-corrected chi connectivity index (χ2v) is 7.47. The van der Waals surface area contributed by atoms with Gasteiger partial charge in [0, 0.05) is 45.5 Å². The summed E-state index contributed by atoms with van der Waals surface area (Å²) < 4.78 is 0. The van der Waals surface area contributed by atoms with Crippen LogP contribution in [0.1, 0.15) is 41.4 Å². The number of carbonyl (C=O) groups excluding carboxylic acids is 6. The molecule has 0 saturated heterocycles. The molecule has 0 atom stereocenters. The lowest BCUT2D eigenvalue weighted by atomic mass is 10.1. The van der Waals surface area contributed by atoms with E-state index in [2.05, 4.69) is 0 Å². The van der Waals surface area contributed by atoms with Crippen molar-refractivity contribution in [2.75, 3.05) is 10.1 Å². The lowest BCUT2D eigenvalue weighted by molar-refractivity contribution is 0.0812. The van der Waals surface area contributed by atoms with Crippen molar-refractivity contribution in [1.82, 2.24) is 0 Å². The van der Waals surface area contributed by atoms with E-state index in [0.717, 1.165) is 0 Å².